The molecular weight excluding hydrogens is 243 g/mol. The van der Waals surface area contributed by atoms with Crippen LogP contribution in [0.4, 0.5) is 0 Å². The van der Waals surface area contributed by atoms with Crippen molar-refractivity contribution < 1.29 is 0 Å². The summed E-state index contributed by atoms with van der Waals surface area (Å²) >= 11 is 1.40. The molecule has 0 spiro atoms. The molecule has 0 saturated carbocycles. The monoisotopic (exact) mass is 280 g/mol. The van der Waals surface area contributed by atoms with E-state index >= 15 is 0 Å². The number of allylic oxidation sites excluding steroid dienone is 2. The Labute approximate surface area is 130 Å². The molecular formula is C18H37Al. The highest BCUT2D eigenvalue weighted by molar-refractivity contribution is 6.08. The van der Waals surface area contributed by atoms with Crippen LogP contribution < -0.4 is 0 Å². The predicted molar refractivity (Wildman–Crippen MR) is 92.8 cm³/mol. The summed E-state index contributed by atoms with van der Waals surface area (Å²) in [6.45, 7) is 2.29. The molecule has 0 aromatic rings. The molecule has 0 aliphatic heterocycles. The second-order valence-corrected chi connectivity index (χ2v) is 6.94. The van der Waals surface area contributed by atoms with Gasteiger partial charge in [-0.3, -0.25) is 0 Å². The van der Waals surface area contributed by atoms with Crippen molar-refractivity contribution in [3.05, 3.63) is 12.2 Å². The minimum absolute atomic E-state index is 1.31. The molecule has 0 heterocycles. The van der Waals surface area contributed by atoms with Crippen LogP contribution in [0.25, 0.3) is 0 Å². The lowest BCUT2D eigenvalue weighted by Crippen LogP contribution is -1.80. The topological polar surface area (TPSA) is 0 Å². The van der Waals surface area contributed by atoms with E-state index in [-0.39, 0.29) is 0 Å². The summed E-state index contributed by atoms with van der Waals surface area (Å²) in [6, 6.07) is 0. The van der Waals surface area contributed by atoms with Gasteiger partial charge in [0.2, 0.25) is 16.3 Å². The molecule has 0 saturated heterocycles. The minimum atomic E-state index is 1.31. The van der Waals surface area contributed by atoms with Gasteiger partial charge in [0.15, 0.2) is 0 Å². The molecule has 0 bridgehead atoms. The molecule has 1 heteroatoms. The fourth-order valence-electron chi connectivity index (χ4n) is 2.50. The first-order valence-corrected chi connectivity index (χ1v) is 10.5. The first-order chi connectivity index (χ1) is 9.41. The third kappa shape index (κ3) is 18.3. The van der Waals surface area contributed by atoms with E-state index in [4.69, 9.17) is 0 Å². The van der Waals surface area contributed by atoms with Crippen molar-refractivity contribution in [2.75, 3.05) is 0 Å². The zero-order valence-electron chi connectivity index (χ0n) is 13.8. The van der Waals surface area contributed by atoms with E-state index in [9.17, 15) is 0 Å². The van der Waals surface area contributed by atoms with E-state index in [1.165, 1.54) is 111 Å². The lowest BCUT2D eigenvalue weighted by molar-refractivity contribution is 0.606. The van der Waals surface area contributed by atoms with Crippen LogP contribution in [-0.4, -0.2) is 16.3 Å². The molecule has 0 N–H and O–H groups in total. The van der Waals surface area contributed by atoms with E-state index in [1.54, 1.807) is 0 Å². The smallest absolute Gasteiger partial charge is 0.101 e. The second kappa shape index (κ2) is 18.3. The van der Waals surface area contributed by atoms with E-state index in [1.807, 2.05) is 0 Å². The molecule has 0 amide bonds. The molecule has 0 nitrogen and oxygen atoms in total. The Kier molecular flexibility index (Phi) is 18.5. The average Bonchev–Trinajstić information content (AvgIpc) is 2.43. The zero-order chi connectivity index (χ0) is 14.0. The van der Waals surface area contributed by atoms with Gasteiger partial charge in [-0.2, -0.15) is 0 Å². The van der Waals surface area contributed by atoms with Crippen LogP contribution in [0.5, 0.6) is 0 Å². The normalized spacial score (nSPS) is 11.4. The number of unbranched alkanes of at least 4 members (excludes halogenated alkanes) is 12. The number of hydrogen-bond donors (Lipinski definition) is 0. The van der Waals surface area contributed by atoms with Crippen LogP contribution in [0.15, 0.2) is 12.2 Å². The highest BCUT2D eigenvalue weighted by Crippen LogP contribution is 2.10. The van der Waals surface area contributed by atoms with Crippen molar-refractivity contribution in [2.24, 2.45) is 0 Å². The summed E-state index contributed by atoms with van der Waals surface area (Å²) in [5, 5.41) is 1.50. The summed E-state index contributed by atoms with van der Waals surface area (Å²) in [5.74, 6) is 0. The fraction of sp³-hybridized carbons (Fsp3) is 0.889. The zero-order valence-corrected chi connectivity index (χ0v) is 15.8. The Bertz CT molecular complexity index is 175. The van der Waals surface area contributed by atoms with Gasteiger partial charge in [-0.05, 0) is 25.7 Å². The van der Waals surface area contributed by atoms with Crippen LogP contribution in [0.1, 0.15) is 96.8 Å². The van der Waals surface area contributed by atoms with E-state index < -0.39 is 0 Å². The van der Waals surface area contributed by atoms with Crippen LogP contribution in [0.2, 0.25) is 5.28 Å². The van der Waals surface area contributed by atoms with Gasteiger partial charge in [-0.1, -0.05) is 83.3 Å². The average molecular weight is 280 g/mol. The molecule has 0 aliphatic carbocycles. The van der Waals surface area contributed by atoms with Crippen molar-refractivity contribution in [1.29, 1.82) is 0 Å². The maximum Gasteiger partial charge on any atom is 0.211 e. The summed E-state index contributed by atoms with van der Waals surface area (Å²) < 4.78 is 0. The highest BCUT2D eigenvalue weighted by Gasteiger charge is 1.90. The lowest BCUT2D eigenvalue weighted by atomic mass is 10.1. The van der Waals surface area contributed by atoms with E-state index in [0.717, 1.165) is 0 Å². The quantitative estimate of drug-likeness (QED) is 0.194. The Hall–Kier alpha value is 0.272. The first-order valence-electron chi connectivity index (χ1n) is 9.06. The van der Waals surface area contributed by atoms with Crippen molar-refractivity contribution in [3.63, 3.8) is 0 Å². The number of rotatable bonds is 15. The van der Waals surface area contributed by atoms with Crippen LogP contribution in [0, 0.1) is 0 Å². The van der Waals surface area contributed by atoms with Crippen molar-refractivity contribution in [3.8, 4) is 0 Å². The Morgan fingerprint density at radius 3 is 1.47 bits per heavy atom. The van der Waals surface area contributed by atoms with E-state index in [0.29, 0.717) is 0 Å². The fourth-order valence-corrected chi connectivity index (χ4v) is 3.00. The maximum absolute atomic E-state index is 2.42. The number of hydrogen-bond acceptors (Lipinski definition) is 0. The summed E-state index contributed by atoms with van der Waals surface area (Å²) in [6.07, 6.45) is 24.8. The standard InChI is InChI=1S/C18H35.Al.2H/c1-3-5-7-9-11-13-15-17-18-16-14-12-10-8-6-4-2;;;/h17-18H,1,3-16H2,2H3;;;/b18-17-;;;. The van der Waals surface area contributed by atoms with Crippen molar-refractivity contribution >= 4 is 16.3 Å². The third-order valence-electron chi connectivity index (χ3n) is 3.87. The highest BCUT2D eigenvalue weighted by atomic mass is 27.0. The summed E-state index contributed by atoms with van der Waals surface area (Å²) in [5.41, 5.74) is 0. The van der Waals surface area contributed by atoms with Gasteiger partial charge in [-0.25, -0.2) is 0 Å². The molecule has 0 aromatic carbocycles. The molecule has 0 unspecified atom stereocenters. The summed E-state index contributed by atoms with van der Waals surface area (Å²) in [7, 11) is 0. The second-order valence-electron chi connectivity index (χ2n) is 5.94. The Morgan fingerprint density at radius 1 is 0.579 bits per heavy atom. The Balaban J connectivity index is 3.01. The molecule has 0 radical (unpaired) electrons. The van der Waals surface area contributed by atoms with Gasteiger partial charge < -0.3 is 0 Å². The predicted octanol–water partition coefficient (Wildman–Crippen LogP) is 6.08. The van der Waals surface area contributed by atoms with Gasteiger partial charge in [0, 0.05) is 0 Å². The Morgan fingerprint density at radius 2 is 1.00 bits per heavy atom. The summed E-state index contributed by atoms with van der Waals surface area (Å²) in [4.78, 5) is 0. The van der Waals surface area contributed by atoms with E-state index in [2.05, 4.69) is 19.1 Å². The molecule has 112 valence electrons. The van der Waals surface area contributed by atoms with Crippen LogP contribution in [-0.2, 0) is 0 Å². The molecule has 0 rings (SSSR count). The molecule has 0 atom stereocenters. The third-order valence-corrected chi connectivity index (χ3v) is 4.57. The van der Waals surface area contributed by atoms with Gasteiger partial charge in [0.1, 0.15) is 0 Å². The van der Waals surface area contributed by atoms with Crippen molar-refractivity contribution in [2.45, 2.75) is 102 Å². The largest absolute Gasteiger partial charge is 0.211 e. The van der Waals surface area contributed by atoms with Crippen molar-refractivity contribution in [1.82, 2.24) is 0 Å². The van der Waals surface area contributed by atoms with Crippen LogP contribution >= 0.6 is 0 Å². The minimum Gasteiger partial charge on any atom is -0.101 e. The van der Waals surface area contributed by atoms with Crippen LogP contribution in [0.3, 0.4) is 0 Å². The SMILES string of the molecule is CCCCCCCC/C=C\CCCCCCC[CH2][AlH2]. The van der Waals surface area contributed by atoms with Gasteiger partial charge in [-0.15, -0.1) is 5.28 Å². The van der Waals surface area contributed by atoms with Gasteiger partial charge in [0.05, 0.1) is 0 Å². The molecule has 0 fully saturated rings. The first kappa shape index (κ1) is 19.3. The maximum atomic E-state index is 2.42. The molecule has 0 aliphatic rings. The lowest BCUT2D eigenvalue weighted by Gasteiger charge is -1.99. The molecule has 0 aromatic heterocycles. The van der Waals surface area contributed by atoms with Gasteiger partial charge in [0.25, 0.3) is 0 Å². The van der Waals surface area contributed by atoms with Gasteiger partial charge >= 0.3 is 0 Å². The molecule has 19 heavy (non-hydrogen) atoms.